The Hall–Kier alpha value is -2.99. The molecule has 2 aromatic rings. The van der Waals surface area contributed by atoms with Gasteiger partial charge in [0.1, 0.15) is 0 Å². The molecule has 33 heavy (non-hydrogen) atoms. The minimum atomic E-state index is -0.145. The van der Waals surface area contributed by atoms with Gasteiger partial charge in [-0.15, -0.1) is 0 Å². The smallest absolute Gasteiger partial charge is 0.254 e. The summed E-state index contributed by atoms with van der Waals surface area (Å²) in [4.78, 5) is 45.0. The summed E-state index contributed by atoms with van der Waals surface area (Å²) in [7, 11) is 0. The zero-order chi connectivity index (χ0) is 23.4. The summed E-state index contributed by atoms with van der Waals surface area (Å²) in [5, 5.41) is 0. The molecule has 2 amide bonds. The van der Waals surface area contributed by atoms with E-state index in [1.165, 1.54) is 6.42 Å². The van der Waals surface area contributed by atoms with Crippen molar-refractivity contribution in [3.63, 3.8) is 0 Å². The quantitative estimate of drug-likeness (QED) is 0.661. The van der Waals surface area contributed by atoms with Crippen molar-refractivity contribution in [2.24, 2.45) is 11.8 Å². The average molecular weight is 448 g/mol. The van der Waals surface area contributed by atoms with Crippen LogP contribution in [-0.2, 0) is 4.79 Å². The van der Waals surface area contributed by atoms with Gasteiger partial charge in [-0.05, 0) is 24.3 Å². The molecular weight excluding hydrogens is 414 g/mol. The van der Waals surface area contributed by atoms with Crippen LogP contribution in [0.4, 0.5) is 0 Å². The van der Waals surface area contributed by atoms with Gasteiger partial charge in [0.2, 0.25) is 5.91 Å². The van der Waals surface area contributed by atoms with Crippen molar-refractivity contribution in [2.45, 2.75) is 20.3 Å². The van der Waals surface area contributed by atoms with E-state index in [0.29, 0.717) is 61.2 Å². The van der Waals surface area contributed by atoms with Crippen LogP contribution < -0.4 is 0 Å². The molecule has 2 aliphatic rings. The highest BCUT2D eigenvalue weighted by molar-refractivity contribution is 6.15. The Labute approximate surface area is 196 Å². The van der Waals surface area contributed by atoms with Gasteiger partial charge in [-0.1, -0.05) is 62.4 Å². The van der Waals surface area contributed by atoms with Crippen LogP contribution in [0, 0.1) is 11.8 Å². The van der Waals surface area contributed by atoms with E-state index in [0.717, 1.165) is 13.1 Å². The molecule has 0 aliphatic carbocycles. The first-order chi connectivity index (χ1) is 15.9. The van der Waals surface area contributed by atoms with Gasteiger partial charge in [-0.25, -0.2) is 0 Å². The average Bonchev–Trinajstić information content (AvgIpc) is 2.83. The van der Waals surface area contributed by atoms with Crippen molar-refractivity contribution in [2.75, 3.05) is 45.8 Å². The number of benzene rings is 2. The largest absolute Gasteiger partial charge is 0.341 e. The normalized spacial score (nSPS) is 21.6. The number of nitrogens with zero attached hydrogens (tertiary/aromatic N) is 3. The van der Waals surface area contributed by atoms with Crippen LogP contribution in [0.2, 0.25) is 0 Å². The summed E-state index contributed by atoms with van der Waals surface area (Å²) < 4.78 is 0. The second-order valence-corrected chi connectivity index (χ2v) is 9.55. The summed E-state index contributed by atoms with van der Waals surface area (Å²) in [5.74, 6) is 1.01. The molecule has 2 heterocycles. The molecule has 2 atom stereocenters. The first-order valence-electron chi connectivity index (χ1n) is 11.9. The fourth-order valence-electron chi connectivity index (χ4n) is 5.05. The molecule has 0 N–H and O–H groups in total. The minimum absolute atomic E-state index is 0.125. The fraction of sp³-hybridized carbons (Fsp3) is 0.444. The molecule has 0 unspecified atom stereocenters. The van der Waals surface area contributed by atoms with Crippen LogP contribution in [0.25, 0.3) is 0 Å². The third-order valence-electron chi connectivity index (χ3n) is 6.68. The number of likely N-dealkylation sites (tertiary alicyclic amines) is 1. The van der Waals surface area contributed by atoms with Crippen LogP contribution in [-0.4, -0.2) is 78.1 Å². The summed E-state index contributed by atoms with van der Waals surface area (Å²) >= 11 is 0. The predicted molar refractivity (Wildman–Crippen MR) is 128 cm³/mol. The Bertz CT molecular complexity index is 989. The molecule has 0 bridgehead atoms. The van der Waals surface area contributed by atoms with Gasteiger partial charge in [-0.3, -0.25) is 19.3 Å². The molecule has 0 aromatic heterocycles. The lowest BCUT2D eigenvalue weighted by atomic mass is 9.92. The molecule has 6 nitrogen and oxygen atoms in total. The minimum Gasteiger partial charge on any atom is -0.341 e. The molecule has 2 fully saturated rings. The van der Waals surface area contributed by atoms with Crippen molar-refractivity contribution in [3.8, 4) is 0 Å². The van der Waals surface area contributed by atoms with Gasteiger partial charge < -0.3 is 9.80 Å². The molecule has 174 valence electrons. The van der Waals surface area contributed by atoms with Crippen molar-refractivity contribution in [3.05, 3.63) is 71.3 Å². The first kappa shape index (κ1) is 23.2. The van der Waals surface area contributed by atoms with Gasteiger partial charge in [-0.2, -0.15) is 0 Å². The van der Waals surface area contributed by atoms with Crippen LogP contribution in [0.15, 0.2) is 54.6 Å². The van der Waals surface area contributed by atoms with Gasteiger partial charge in [0.25, 0.3) is 5.91 Å². The van der Waals surface area contributed by atoms with Crippen LogP contribution >= 0.6 is 0 Å². The van der Waals surface area contributed by atoms with Gasteiger partial charge in [0, 0.05) is 50.4 Å². The van der Waals surface area contributed by atoms with E-state index >= 15 is 0 Å². The van der Waals surface area contributed by atoms with Crippen molar-refractivity contribution in [1.29, 1.82) is 0 Å². The number of amides is 2. The summed E-state index contributed by atoms with van der Waals surface area (Å²) in [6.45, 7) is 8.92. The molecule has 0 spiro atoms. The number of piperidine rings is 1. The number of carbonyl (C=O) groups is 3. The number of rotatable bonds is 5. The van der Waals surface area contributed by atoms with E-state index in [4.69, 9.17) is 0 Å². The third kappa shape index (κ3) is 5.50. The molecular formula is C27H33N3O3. The summed E-state index contributed by atoms with van der Waals surface area (Å²) in [6.07, 6.45) is 1.18. The molecule has 0 saturated carbocycles. The molecule has 4 rings (SSSR count). The number of hydrogen-bond donors (Lipinski definition) is 0. The summed E-state index contributed by atoms with van der Waals surface area (Å²) in [5.41, 5.74) is 1.44. The highest BCUT2D eigenvalue weighted by atomic mass is 16.2. The van der Waals surface area contributed by atoms with Crippen LogP contribution in [0.5, 0.6) is 0 Å². The van der Waals surface area contributed by atoms with E-state index < -0.39 is 0 Å². The van der Waals surface area contributed by atoms with Gasteiger partial charge in [0.15, 0.2) is 5.78 Å². The standard InChI is InChI=1S/C27H33N3O3/c1-20-16-21(2)18-30(17-20)25(31)19-28-12-14-29(15-13-28)27(33)24-11-7-6-10-23(24)26(32)22-8-4-3-5-9-22/h3-11,20-21H,12-19H2,1-2H3/t20-,21+. The van der Waals surface area contributed by atoms with Crippen LogP contribution in [0.1, 0.15) is 46.5 Å². The molecule has 2 aliphatic heterocycles. The maximum absolute atomic E-state index is 13.3. The number of ketones is 1. The van der Waals surface area contributed by atoms with E-state index in [1.54, 1.807) is 41.3 Å². The first-order valence-corrected chi connectivity index (χ1v) is 11.9. The highest BCUT2D eigenvalue weighted by Crippen LogP contribution is 2.21. The number of hydrogen-bond acceptors (Lipinski definition) is 4. The SMILES string of the molecule is C[C@@H]1C[C@H](C)CN(C(=O)CN2CCN(C(=O)c3ccccc3C(=O)c3ccccc3)CC2)C1. The predicted octanol–water partition coefficient (Wildman–Crippen LogP) is 3.18. The zero-order valence-electron chi connectivity index (χ0n) is 19.6. The molecule has 2 saturated heterocycles. The number of piperazine rings is 1. The zero-order valence-corrected chi connectivity index (χ0v) is 19.6. The van der Waals surface area contributed by atoms with Crippen molar-refractivity contribution < 1.29 is 14.4 Å². The molecule has 0 radical (unpaired) electrons. The molecule has 2 aromatic carbocycles. The lowest BCUT2D eigenvalue weighted by Gasteiger charge is -2.38. The Kier molecular flexibility index (Phi) is 7.23. The Morgan fingerprint density at radius 3 is 1.97 bits per heavy atom. The maximum Gasteiger partial charge on any atom is 0.254 e. The third-order valence-corrected chi connectivity index (χ3v) is 6.68. The Morgan fingerprint density at radius 1 is 0.758 bits per heavy atom. The lowest BCUT2D eigenvalue weighted by molar-refractivity contribution is -0.135. The van der Waals surface area contributed by atoms with E-state index in [9.17, 15) is 14.4 Å². The van der Waals surface area contributed by atoms with E-state index in [2.05, 4.69) is 18.7 Å². The van der Waals surface area contributed by atoms with Crippen LogP contribution in [0.3, 0.4) is 0 Å². The van der Waals surface area contributed by atoms with Gasteiger partial charge in [0.05, 0.1) is 12.1 Å². The van der Waals surface area contributed by atoms with Crippen molar-refractivity contribution >= 4 is 17.6 Å². The van der Waals surface area contributed by atoms with E-state index in [1.807, 2.05) is 23.1 Å². The molecule has 6 heteroatoms. The monoisotopic (exact) mass is 447 g/mol. The maximum atomic E-state index is 13.3. The fourth-order valence-corrected chi connectivity index (χ4v) is 5.05. The van der Waals surface area contributed by atoms with Gasteiger partial charge >= 0.3 is 0 Å². The van der Waals surface area contributed by atoms with E-state index in [-0.39, 0.29) is 17.6 Å². The highest BCUT2D eigenvalue weighted by Gasteiger charge is 2.29. The Balaban J connectivity index is 1.36. The topological polar surface area (TPSA) is 60.9 Å². The summed E-state index contributed by atoms with van der Waals surface area (Å²) in [6, 6.07) is 16.1. The lowest BCUT2D eigenvalue weighted by Crippen LogP contribution is -2.53. The Morgan fingerprint density at radius 2 is 1.33 bits per heavy atom. The van der Waals surface area contributed by atoms with Crippen molar-refractivity contribution in [1.82, 2.24) is 14.7 Å². The number of carbonyl (C=O) groups excluding carboxylic acids is 3. The second kappa shape index (κ2) is 10.3. The second-order valence-electron chi connectivity index (χ2n) is 9.55.